The molecule has 1 aliphatic rings. The van der Waals surface area contributed by atoms with E-state index in [1.165, 1.54) is 18.2 Å². The van der Waals surface area contributed by atoms with Gasteiger partial charge in [0.05, 0.1) is 12.7 Å². The number of carbonyl (C=O) groups excluding carboxylic acids is 1. The fraction of sp³-hybridized carbons (Fsp3) is 0.333. The van der Waals surface area contributed by atoms with E-state index in [-0.39, 0.29) is 5.97 Å². The highest BCUT2D eigenvalue weighted by atomic mass is 32.1. The first kappa shape index (κ1) is 19.3. The van der Waals surface area contributed by atoms with Crippen molar-refractivity contribution < 1.29 is 9.53 Å². The number of carbonyl (C=O) groups is 1. The number of esters is 1. The van der Waals surface area contributed by atoms with Crippen LogP contribution in [0, 0.1) is 0 Å². The minimum atomic E-state index is -0.361. The number of fused-ring (bicyclic) bond motifs is 1. The minimum absolute atomic E-state index is 0.361. The van der Waals surface area contributed by atoms with Crippen molar-refractivity contribution >= 4 is 29.0 Å². The topological polar surface area (TPSA) is 53.6 Å². The van der Waals surface area contributed by atoms with Crippen molar-refractivity contribution in [2.75, 3.05) is 32.1 Å². The van der Waals surface area contributed by atoms with E-state index in [0.717, 1.165) is 44.7 Å². The van der Waals surface area contributed by atoms with E-state index in [1.54, 1.807) is 18.2 Å². The van der Waals surface area contributed by atoms with Crippen LogP contribution >= 0.6 is 12.2 Å². The van der Waals surface area contributed by atoms with Crippen molar-refractivity contribution in [2.24, 2.45) is 0 Å². The molecular formula is C21H25N3O2S. The van der Waals surface area contributed by atoms with E-state index in [4.69, 9.17) is 17.0 Å². The lowest BCUT2D eigenvalue weighted by molar-refractivity contribution is 0.0601. The van der Waals surface area contributed by atoms with Crippen molar-refractivity contribution in [2.45, 2.75) is 19.4 Å². The van der Waals surface area contributed by atoms with Gasteiger partial charge in [0.15, 0.2) is 5.11 Å². The van der Waals surface area contributed by atoms with Gasteiger partial charge in [-0.2, -0.15) is 0 Å². The number of rotatable bonds is 6. The molecule has 2 aromatic carbocycles. The van der Waals surface area contributed by atoms with Crippen LogP contribution in [0.3, 0.4) is 0 Å². The number of nitrogens with one attached hydrogen (secondary N) is 2. The summed E-state index contributed by atoms with van der Waals surface area (Å²) in [5.41, 5.74) is 4.18. The van der Waals surface area contributed by atoms with Crippen LogP contribution in [0.4, 0.5) is 5.69 Å². The van der Waals surface area contributed by atoms with Gasteiger partial charge in [-0.1, -0.05) is 30.3 Å². The number of hydrogen-bond acceptors (Lipinski definition) is 4. The van der Waals surface area contributed by atoms with Gasteiger partial charge in [-0.15, -0.1) is 0 Å². The smallest absolute Gasteiger partial charge is 0.337 e. The molecule has 5 nitrogen and oxygen atoms in total. The molecule has 0 saturated carbocycles. The molecule has 0 aromatic heterocycles. The molecule has 0 unspecified atom stereocenters. The van der Waals surface area contributed by atoms with Crippen LogP contribution in [-0.4, -0.2) is 42.7 Å². The fourth-order valence-corrected chi connectivity index (χ4v) is 3.49. The van der Waals surface area contributed by atoms with E-state index in [1.807, 2.05) is 6.07 Å². The number of hydrogen-bond donors (Lipinski definition) is 2. The summed E-state index contributed by atoms with van der Waals surface area (Å²) in [6, 6.07) is 15.8. The third kappa shape index (κ3) is 5.52. The van der Waals surface area contributed by atoms with Gasteiger partial charge < -0.3 is 15.4 Å². The summed E-state index contributed by atoms with van der Waals surface area (Å²) in [4.78, 5) is 14.1. The van der Waals surface area contributed by atoms with Crippen molar-refractivity contribution in [3.63, 3.8) is 0 Å². The van der Waals surface area contributed by atoms with Gasteiger partial charge >= 0.3 is 5.97 Å². The van der Waals surface area contributed by atoms with Crippen LogP contribution < -0.4 is 10.6 Å². The van der Waals surface area contributed by atoms with Gasteiger partial charge in [-0.05, 0) is 54.4 Å². The molecule has 0 bridgehead atoms. The molecule has 6 heteroatoms. The Morgan fingerprint density at radius 1 is 1.19 bits per heavy atom. The highest BCUT2D eigenvalue weighted by molar-refractivity contribution is 7.80. The number of methoxy groups -OCH3 is 1. The van der Waals surface area contributed by atoms with Crippen molar-refractivity contribution in [3.05, 3.63) is 65.2 Å². The number of ether oxygens (including phenoxy) is 1. The first-order chi connectivity index (χ1) is 13.2. The second kappa shape index (κ2) is 9.48. The van der Waals surface area contributed by atoms with Crippen molar-refractivity contribution in [1.82, 2.24) is 10.2 Å². The van der Waals surface area contributed by atoms with Crippen LogP contribution in [0.1, 0.15) is 27.9 Å². The lowest BCUT2D eigenvalue weighted by atomic mass is 10.00. The largest absolute Gasteiger partial charge is 0.465 e. The Hall–Kier alpha value is -2.44. The molecule has 1 aliphatic heterocycles. The molecule has 0 spiro atoms. The summed E-state index contributed by atoms with van der Waals surface area (Å²) in [6.45, 7) is 3.99. The van der Waals surface area contributed by atoms with Crippen LogP contribution in [0.2, 0.25) is 0 Å². The average Bonchev–Trinajstić information content (AvgIpc) is 2.70. The lowest BCUT2D eigenvalue weighted by Gasteiger charge is -2.28. The molecule has 0 radical (unpaired) electrons. The molecule has 2 N–H and O–H groups in total. The zero-order chi connectivity index (χ0) is 19.1. The van der Waals surface area contributed by atoms with E-state index >= 15 is 0 Å². The van der Waals surface area contributed by atoms with Crippen molar-refractivity contribution in [3.8, 4) is 0 Å². The Bertz CT molecular complexity index is 810. The molecular weight excluding hydrogens is 358 g/mol. The first-order valence-electron chi connectivity index (χ1n) is 9.18. The maximum Gasteiger partial charge on any atom is 0.337 e. The highest BCUT2D eigenvalue weighted by Crippen LogP contribution is 2.18. The Balaban J connectivity index is 1.38. The van der Waals surface area contributed by atoms with Gasteiger partial charge in [0.1, 0.15) is 0 Å². The molecule has 142 valence electrons. The second-order valence-electron chi connectivity index (χ2n) is 6.60. The predicted octanol–water partition coefficient (Wildman–Crippen LogP) is 3.21. The minimum Gasteiger partial charge on any atom is -0.465 e. The normalized spacial score (nSPS) is 13.5. The van der Waals surface area contributed by atoms with E-state index < -0.39 is 0 Å². The molecule has 0 amide bonds. The summed E-state index contributed by atoms with van der Waals surface area (Å²) in [7, 11) is 1.37. The summed E-state index contributed by atoms with van der Waals surface area (Å²) in [5.74, 6) is -0.361. The number of anilines is 1. The highest BCUT2D eigenvalue weighted by Gasteiger charge is 2.14. The van der Waals surface area contributed by atoms with Crippen molar-refractivity contribution in [1.29, 1.82) is 0 Å². The van der Waals surface area contributed by atoms with Gasteiger partial charge in [0.25, 0.3) is 0 Å². The quantitative estimate of drug-likeness (QED) is 0.454. The van der Waals surface area contributed by atoms with Gasteiger partial charge in [-0.25, -0.2) is 4.79 Å². The van der Waals surface area contributed by atoms with E-state index in [0.29, 0.717) is 10.7 Å². The third-order valence-corrected chi connectivity index (χ3v) is 4.93. The summed E-state index contributed by atoms with van der Waals surface area (Å²) in [5, 5.41) is 6.90. The molecule has 27 heavy (non-hydrogen) atoms. The van der Waals surface area contributed by atoms with Crippen LogP contribution in [-0.2, 0) is 17.7 Å². The summed E-state index contributed by atoms with van der Waals surface area (Å²) < 4.78 is 4.74. The van der Waals surface area contributed by atoms with Gasteiger partial charge in [-0.3, -0.25) is 4.90 Å². The number of thiocarbonyl (C=S) groups is 1. The molecule has 1 heterocycles. The molecule has 0 atom stereocenters. The summed E-state index contributed by atoms with van der Waals surface area (Å²) in [6.07, 6.45) is 2.15. The number of benzene rings is 2. The van der Waals surface area contributed by atoms with Crippen LogP contribution in [0.15, 0.2) is 48.5 Å². The lowest BCUT2D eigenvalue weighted by Crippen LogP contribution is -2.34. The van der Waals surface area contributed by atoms with Crippen LogP contribution in [0.5, 0.6) is 0 Å². The summed E-state index contributed by atoms with van der Waals surface area (Å²) >= 11 is 5.34. The Morgan fingerprint density at radius 3 is 2.81 bits per heavy atom. The Labute approximate surface area is 165 Å². The van der Waals surface area contributed by atoms with E-state index in [2.05, 4.69) is 39.8 Å². The fourth-order valence-electron chi connectivity index (χ4n) is 3.27. The van der Waals surface area contributed by atoms with Crippen LogP contribution in [0.25, 0.3) is 0 Å². The second-order valence-corrected chi connectivity index (χ2v) is 7.01. The maximum absolute atomic E-state index is 11.6. The zero-order valence-electron chi connectivity index (χ0n) is 15.5. The standard InChI is InChI=1S/C21H25N3O2S/c1-26-20(25)17-8-4-9-19(14-17)23-21(27)22-11-5-12-24-13-10-16-6-2-3-7-18(16)15-24/h2-4,6-9,14H,5,10-13,15H2,1H3,(H2,22,23,27). The SMILES string of the molecule is COC(=O)c1cccc(NC(=S)NCCCN2CCc3ccccc3C2)c1. The molecule has 0 saturated heterocycles. The molecule has 3 rings (SSSR count). The van der Waals surface area contributed by atoms with Gasteiger partial charge in [0, 0.05) is 31.9 Å². The third-order valence-electron chi connectivity index (χ3n) is 4.69. The maximum atomic E-state index is 11.6. The zero-order valence-corrected chi connectivity index (χ0v) is 16.3. The van der Waals surface area contributed by atoms with Gasteiger partial charge in [0.2, 0.25) is 0 Å². The number of nitrogens with zero attached hydrogens (tertiary/aromatic N) is 1. The Morgan fingerprint density at radius 2 is 2.00 bits per heavy atom. The average molecular weight is 384 g/mol. The Kier molecular flexibility index (Phi) is 6.79. The molecule has 0 fully saturated rings. The monoisotopic (exact) mass is 383 g/mol. The first-order valence-corrected chi connectivity index (χ1v) is 9.59. The molecule has 0 aliphatic carbocycles. The predicted molar refractivity (Wildman–Crippen MR) is 112 cm³/mol. The van der Waals surface area contributed by atoms with E-state index in [9.17, 15) is 4.79 Å². The molecule has 2 aromatic rings.